The highest BCUT2D eigenvalue weighted by atomic mass is 32.1. The van der Waals surface area contributed by atoms with Gasteiger partial charge in [-0.05, 0) is 55.2 Å². The van der Waals surface area contributed by atoms with Crippen LogP contribution < -0.4 is 5.73 Å². The number of thiophene rings is 1. The number of amides is 1. The van der Waals surface area contributed by atoms with E-state index in [1.54, 1.807) is 12.3 Å². The third-order valence-electron chi connectivity index (χ3n) is 5.63. The van der Waals surface area contributed by atoms with Crippen LogP contribution in [0.1, 0.15) is 17.7 Å². The van der Waals surface area contributed by atoms with Crippen LogP contribution in [0.5, 0.6) is 0 Å². The second-order valence-electron chi connectivity index (χ2n) is 7.57. The summed E-state index contributed by atoms with van der Waals surface area (Å²) in [4.78, 5) is 21.3. The largest absolute Gasteiger partial charge is 0.405 e. The normalized spacial score (nSPS) is 20.7. The van der Waals surface area contributed by atoms with Gasteiger partial charge >= 0.3 is 0 Å². The van der Waals surface area contributed by atoms with Crippen molar-refractivity contribution in [3.8, 4) is 0 Å². The maximum absolute atomic E-state index is 12.9. The summed E-state index contributed by atoms with van der Waals surface area (Å²) in [6.07, 6.45) is 9.18. The Morgan fingerprint density at radius 2 is 1.93 bits per heavy atom. The molecule has 0 aliphatic carbocycles. The summed E-state index contributed by atoms with van der Waals surface area (Å²) in [6, 6.07) is 4.30. The predicted molar refractivity (Wildman–Crippen MR) is 117 cm³/mol. The standard InChI is InChI=1S/C22H32N4OS/c1-2-4-19(6-9-23)17-24-10-7-20(8-11-24)22(27)26-14-12-25(13-15-26)18-21-5-3-16-28-21/h2-6,9,16,20H,1,7-8,10-15,17-18,23H2/b9-6-,19-4+. The summed E-state index contributed by atoms with van der Waals surface area (Å²) in [5.41, 5.74) is 6.69. The lowest BCUT2D eigenvalue weighted by Gasteiger charge is -2.38. The molecule has 28 heavy (non-hydrogen) atoms. The van der Waals surface area contributed by atoms with Gasteiger partial charge in [0.05, 0.1) is 0 Å². The number of carbonyl (C=O) groups is 1. The van der Waals surface area contributed by atoms with Gasteiger partial charge in [0.2, 0.25) is 5.91 Å². The molecule has 152 valence electrons. The van der Waals surface area contributed by atoms with Crippen molar-refractivity contribution in [1.82, 2.24) is 14.7 Å². The number of nitrogens with two attached hydrogens (primary N) is 1. The first kappa shape index (κ1) is 20.8. The zero-order valence-corrected chi connectivity index (χ0v) is 17.4. The first-order chi connectivity index (χ1) is 13.7. The van der Waals surface area contributed by atoms with E-state index < -0.39 is 0 Å². The molecule has 0 spiro atoms. The summed E-state index contributed by atoms with van der Waals surface area (Å²) >= 11 is 1.81. The Balaban J connectivity index is 1.41. The van der Waals surface area contributed by atoms with Gasteiger partial charge in [-0.25, -0.2) is 0 Å². The van der Waals surface area contributed by atoms with Gasteiger partial charge in [0.1, 0.15) is 0 Å². The highest BCUT2D eigenvalue weighted by Crippen LogP contribution is 2.22. The summed E-state index contributed by atoms with van der Waals surface area (Å²) in [5.74, 6) is 0.538. The van der Waals surface area contributed by atoms with Crippen LogP contribution in [0, 0.1) is 5.92 Å². The van der Waals surface area contributed by atoms with Crippen molar-refractivity contribution in [2.45, 2.75) is 19.4 Å². The zero-order chi connectivity index (χ0) is 19.8. The molecule has 0 atom stereocenters. The Morgan fingerprint density at radius 1 is 1.18 bits per heavy atom. The minimum atomic E-state index is 0.178. The molecule has 2 aliphatic rings. The number of allylic oxidation sites excluding steroid dienone is 2. The van der Waals surface area contributed by atoms with Gasteiger partial charge in [0.15, 0.2) is 0 Å². The van der Waals surface area contributed by atoms with E-state index in [2.05, 4.69) is 38.8 Å². The molecule has 2 aliphatic heterocycles. The number of hydrogen-bond donors (Lipinski definition) is 1. The first-order valence-corrected chi connectivity index (χ1v) is 11.0. The molecule has 6 heteroatoms. The molecule has 0 radical (unpaired) electrons. The summed E-state index contributed by atoms with van der Waals surface area (Å²) in [5, 5.41) is 2.13. The number of rotatable bonds is 7. The molecule has 5 nitrogen and oxygen atoms in total. The van der Waals surface area contributed by atoms with Crippen molar-refractivity contribution in [2.24, 2.45) is 11.7 Å². The average molecular weight is 401 g/mol. The van der Waals surface area contributed by atoms with E-state index in [4.69, 9.17) is 5.73 Å². The summed E-state index contributed by atoms with van der Waals surface area (Å²) < 4.78 is 0. The maximum Gasteiger partial charge on any atom is 0.225 e. The lowest BCUT2D eigenvalue weighted by molar-refractivity contribution is -0.138. The summed E-state index contributed by atoms with van der Waals surface area (Å²) in [6.45, 7) is 11.2. The molecule has 0 unspecified atom stereocenters. The second kappa shape index (κ2) is 10.6. The Bertz CT molecular complexity index is 681. The maximum atomic E-state index is 12.9. The molecule has 3 rings (SSSR count). The van der Waals surface area contributed by atoms with E-state index >= 15 is 0 Å². The second-order valence-corrected chi connectivity index (χ2v) is 8.60. The van der Waals surface area contributed by atoms with Gasteiger partial charge in [0, 0.05) is 50.1 Å². The molecule has 0 aromatic carbocycles. The fourth-order valence-electron chi connectivity index (χ4n) is 4.04. The average Bonchev–Trinajstić information content (AvgIpc) is 3.22. The van der Waals surface area contributed by atoms with Crippen LogP contribution in [-0.4, -0.2) is 66.4 Å². The molecule has 0 saturated carbocycles. The molecule has 1 amide bonds. The molecular weight excluding hydrogens is 368 g/mol. The molecule has 2 N–H and O–H groups in total. The molecule has 2 fully saturated rings. The molecule has 3 heterocycles. The van der Waals surface area contributed by atoms with Gasteiger partial charge in [0.25, 0.3) is 0 Å². The van der Waals surface area contributed by atoms with Crippen molar-refractivity contribution in [3.63, 3.8) is 0 Å². The lowest BCUT2D eigenvalue weighted by Crippen LogP contribution is -2.51. The van der Waals surface area contributed by atoms with Crippen LogP contribution in [0.4, 0.5) is 0 Å². The fraction of sp³-hybridized carbons (Fsp3) is 0.500. The molecule has 0 bridgehead atoms. The van der Waals surface area contributed by atoms with Crippen molar-refractivity contribution < 1.29 is 4.79 Å². The van der Waals surface area contributed by atoms with E-state index in [1.807, 2.05) is 23.5 Å². The number of hydrogen-bond acceptors (Lipinski definition) is 5. The van der Waals surface area contributed by atoms with E-state index in [0.717, 1.165) is 70.8 Å². The Hall–Kier alpha value is -1.89. The first-order valence-electron chi connectivity index (χ1n) is 10.2. The van der Waals surface area contributed by atoms with E-state index in [-0.39, 0.29) is 5.92 Å². The van der Waals surface area contributed by atoms with Crippen LogP contribution in [0.2, 0.25) is 0 Å². The summed E-state index contributed by atoms with van der Waals surface area (Å²) in [7, 11) is 0. The quantitative estimate of drug-likeness (QED) is 0.715. The van der Waals surface area contributed by atoms with Crippen molar-refractivity contribution in [1.29, 1.82) is 0 Å². The Labute approximate surface area is 172 Å². The third kappa shape index (κ3) is 5.80. The third-order valence-corrected chi connectivity index (χ3v) is 6.49. The number of nitrogens with zero attached hydrogens (tertiary/aromatic N) is 3. The minimum Gasteiger partial charge on any atom is -0.405 e. The van der Waals surface area contributed by atoms with Crippen LogP contribution in [0.25, 0.3) is 0 Å². The van der Waals surface area contributed by atoms with Crippen LogP contribution >= 0.6 is 11.3 Å². The topological polar surface area (TPSA) is 52.8 Å². The molecule has 2 saturated heterocycles. The van der Waals surface area contributed by atoms with Crippen LogP contribution in [0.3, 0.4) is 0 Å². The van der Waals surface area contributed by atoms with Gasteiger partial charge in [-0.2, -0.15) is 0 Å². The minimum absolute atomic E-state index is 0.178. The number of piperazine rings is 1. The monoisotopic (exact) mass is 400 g/mol. The van der Waals surface area contributed by atoms with Gasteiger partial charge in [-0.3, -0.25) is 14.6 Å². The van der Waals surface area contributed by atoms with Crippen molar-refractivity contribution in [2.75, 3.05) is 45.8 Å². The number of piperidine rings is 1. The van der Waals surface area contributed by atoms with E-state index in [0.29, 0.717) is 5.91 Å². The Morgan fingerprint density at radius 3 is 2.54 bits per heavy atom. The van der Waals surface area contributed by atoms with Crippen molar-refractivity contribution >= 4 is 17.2 Å². The van der Waals surface area contributed by atoms with Crippen molar-refractivity contribution in [3.05, 3.63) is 59.0 Å². The van der Waals surface area contributed by atoms with Gasteiger partial charge < -0.3 is 10.6 Å². The van der Waals surface area contributed by atoms with Gasteiger partial charge in [-0.15, -0.1) is 11.3 Å². The van der Waals surface area contributed by atoms with Gasteiger partial charge in [-0.1, -0.05) is 24.8 Å². The fourth-order valence-corrected chi connectivity index (χ4v) is 4.79. The number of carbonyl (C=O) groups excluding carboxylic acids is 1. The SMILES string of the molecule is C=C/C=C(\C=C/N)CN1CCC(C(=O)N2CCN(Cc3cccs3)CC2)CC1. The Kier molecular flexibility index (Phi) is 7.89. The van der Waals surface area contributed by atoms with Crippen LogP contribution in [-0.2, 0) is 11.3 Å². The highest BCUT2D eigenvalue weighted by molar-refractivity contribution is 7.09. The lowest BCUT2D eigenvalue weighted by atomic mass is 9.94. The predicted octanol–water partition coefficient (Wildman–Crippen LogP) is 2.69. The van der Waals surface area contributed by atoms with E-state index in [1.165, 1.54) is 4.88 Å². The van der Waals surface area contributed by atoms with E-state index in [9.17, 15) is 4.79 Å². The van der Waals surface area contributed by atoms with Crippen LogP contribution in [0.15, 0.2) is 54.1 Å². The zero-order valence-electron chi connectivity index (χ0n) is 16.6. The highest BCUT2D eigenvalue weighted by Gasteiger charge is 2.30. The molecule has 1 aromatic heterocycles. The number of likely N-dealkylation sites (tertiary alicyclic amines) is 1. The molecule has 1 aromatic rings. The molecular formula is C22H32N4OS. The smallest absolute Gasteiger partial charge is 0.225 e.